The largest absolute Gasteiger partial charge is 0.466 e. The zero-order valence-corrected chi connectivity index (χ0v) is 15.1. The molecule has 4 unspecified atom stereocenters. The zero-order valence-electron chi connectivity index (χ0n) is 15.1. The normalized spacial score (nSPS) is 37.1. The zero-order chi connectivity index (χ0) is 16.9. The van der Waals surface area contributed by atoms with Crippen LogP contribution in [0.5, 0.6) is 0 Å². The predicted octanol–water partition coefficient (Wildman–Crippen LogP) is 3.55. The van der Waals surface area contributed by atoms with Crippen LogP contribution >= 0.6 is 0 Å². The number of rotatable bonds is 4. The molecule has 3 fully saturated rings. The molecule has 1 aromatic carbocycles. The van der Waals surface area contributed by atoms with Gasteiger partial charge in [0.25, 0.3) is 0 Å². The summed E-state index contributed by atoms with van der Waals surface area (Å²) in [5, 5.41) is 0. The fourth-order valence-electron chi connectivity index (χ4n) is 6.18. The summed E-state index contributed by atoms with van der Waals surface area (Å²) in [4.78, 5) is 15.0. The summed E-state index contributed by atoms with van der Waals surface area (Å²) in [7, 11) is 2.23. The van der Waals surface area contributed by atoms with Gasteiger partial charge in [0.2, 0.25) is 0 Å². The van der Waals surface area contributed by atoms with Crippen LogP contribution in [0.15, 0.2) is 24.3 Å². The standard InChI is InChI=1S/C21H29NO2/c1-4-10-21-13-19-15(20(23)24-5-2)12-17(21)18(22(19)3)11-14-8-6-7-9-16(14)21/h6-9,15,17-19H,4-5,10-13H2,1-3H3/t15?,17?,18?,19?,21-/m0/s1. The first kappa shape index (κ1) is 16.1. The molecule has 0 amide bonds. The lowest BCUT2D eigenvalue weighted by Crippen LogP contribution is -2.69. The van der Waals surface area contributed by atoms with E-state index in [9.17, 15) is 4.79 Å². The van der Waals surface area contributed by atoms with Crippen molar-refractivity contribution in [3.8, 4) is 0 Å². The Labute approximate surface area is 145 Å². The van der Waals surface area contributed by atoms with Crippen LogP contribution in [0, 0.1) is 11.8 Å². The molecule has 0 aromatic heterocycles. The maximum Gasteiger partial charge on any atom is 0.310 e. The molecule has 3 nitrogen and oxygen atoms in total. The molecule has 3 heteroatoms. The summed E-state index contributed by atoms with van der Waals surface area (Å²) in [6, 6.07) is 9.97. The molecule has 24 heavy (non-hydrogen) atoms. The molecule has 0 spiro atoms. The molecule has 2 saturated heterocycles. The fraction of sp³-hybridized carbons (Fsp3) is 0.667. The van der Waals surface area contributed by atoms with Crippen molar-refractivity contribution >= 4 is 5.97 Å². The second-order valence-electron chi connectivity index (χ2n) is 7.97. The highest BCUT2D eigenvalue weighted by Crippen LogP contribution is 2.59. The van der Waals surface area contributed by atoms with E-state index in [2.05, 4.69) is 43.1 Å². The van der Waals surface area contributed by atoms with Gasteiger partial charge >= 0.3 is 5.97 Å². The summed E-state index contributed by atoms with van der Waals surface area (Å²) in [6.45, 7) is 4.70. The summed E-state index contributed by atoms with van der Waals surface area (Å²) in [6.07, 6.45) is 5.70. The van der Waals surface area contributed by atoms with Crippen molar-refractivity contribution in [3.05, 3.63) is 35.4 Å². The summed E-state index contributed by atoms with van der Waals surface area (Å²) < 4.78 is 5.40. The van der Waals surface area contributed by atoms with E-state index >= 15 is 0 Å². The molecule has 4 bridgehead atoms. The molecule has 1 saturated carbocycles. The van der Waals surface area contributed by atoms with Gasteiger partial charge in [0, 0.05) is 17.5 Å². The van der Waals surface area contributed by atoms with Gasteiger partial charge in [-0.25, -0.2) is 0 Å². The van der Waals surface area contributed by atoms with Crippen LogP contribution in [0.1, 0.15) is 50.7 Å². The Morgan fingerprint density at radius 2 is 2.08 bits per heavy atom. The first-order valence-electron chi connectivity index (χ1n) is 9.59. The minimum Gasteiger partial charge on any atom is -0.466 e. The molecule has 2 aliphatic carbocycles. The first-order chi connectivity index (χ1) is 11.6. The highest BCUT2D eigenvalue weighted by atomic mass is 16.5. The van der Waals surface area contributed by atoms with Crippen LogP contribution in [0.3, 0.4) is 0 Å². The molecule has 0 N–H and O–H groups in total. The van der Waals surface area contributed by atoms with Gasteiger partial charge in [-0.2, -0.15) is 0 Å². The SMILES string of the molecule is CCC[C@@]12CC3C(C(=O)OCC)CC1C(Cc1ccccc12)N3C. The van der Waals surface area contributed by atoms with Gasteiger partial charge in [-0.15, -0.1) is 0 Å². The molecule has 130 valence electrons. The second-order valence-corrected chi connectivity index (χ2v) is 7.97. The van der Waals surface area contributed by atoms with E-state index in [-0.39, 0.29) is 17.3 Å². The molecular formula is C21H29NO2. The smallest absolute Gasteiger partial charge is 0.310 e. The van der Waals surface area contributed by atoms with Gasteiger partial charge in [0.05, 0.1) is 12.5 Å². The molecule has 2 heterocycles. The summed E-state index contributed by atoms with van der Waals surface area (Å²) in [5.74, 6) is 0.667. The molecule has 4 aliphatic rings. The average molecular weight is 327 g/mol. The number of carbonyl (C=O) groups is 1. The molecular weight excluding hydrogens is 298 g/mol. The maximum absolute atomic E-state index is 12.5. The van der Waals surface area contributed by atoms with Crippen molar-refractivity contribution in [2.24, 2.45) is 11.8 Å². The molecule has 0 radical (unpaired) electrons. The highest BCUT2D eigenvalue weighted by Gasteiger charge is 2.61. The number of ether oxygens (including phenoxy) is 1. The Kier molecular flexibility index (Phi) is 3.95. The fourth-order valence-corrected chi connectivity index (χ4v) is 6.18. The number of likely N-dealkylation sites (N-methyl/N-ethyl adjacent to an activating group) is 1. The lowest BCUT2D eigenvalue weighted by atomic mass is 9.48. The van der Waals surface area contributed by atoms with Gasteiger partial charge < -0.3 is 4.74 Å². The van der Waals surface area contributed by atoms with Crippen molar-refractivity contribution < 1.29 is 9.53 Å². The Bertz CT molecular complexity index is 642. The average Bonchev–Trinajstić information content (AvgIpc) is 2.59. The number of benzene rings is 1. The van der Waals surface area contributed by atoms with Gasteiger partial charge in [-0.3, -0.25) is 9.69 Å². The van der Waals surface area contributed by atoms with Crippen molar-refractivity contribution in [1.29, 1.82) is 0 Å². The van der Waals surface area contributed by atoms with Crippen LogP contribution in [0.4, 0.5) is 0 Å². The Balaban J connectivity index is 1.77. The number of piperidine rings is 2. The molecule has 1 aromatic rings. The number of nitrogens with zero attached hydrogens (tertiary/aromatic N) is 1. The lowest BCUT2D eigenvalue weighted by Gasteiger charge is -2.64. The van der Waals surface area contributed by atoms with E-state index in [1.54, 1.807) is 5.56 Å². The van der Waals surface area contributed by atoms with Crippen molar-refractivity contribution in [2.75, 3.05) is 13.7 Å². The van der Waals surface area contributed by atoms with E-state index in [1.165, 1.54) is 18.4 Å². The lowest BCUT2D eigenvalue weighted by molar-refractivity contribution is -0.165. The van der Waals surface area contributed by atoms with Crippen LogP contribution in [-0.4, -0.2) is 36.6 Å². The third kappa shape index (κ3) is 2.10. The molecule has 5 rings (SSSR count). The quantitative estimate of drug-likeness (QED) is 0.792. The highest BCUT2D eigenvalue weighted by molar-refractivity contribution is 5.74. The first-order valence-corrected chi connectivity index (χ1v) is 9.59. The minimum atomic E-state index is 0.0248. The third-order valence-electron chi connectivity index (χ3n) is 7.03. The second kappa shape index (κ2) is 5.87. The topological polar surface area (TPSA) is 29.5 Å². The van der Waals surface area contributed by atoms with Gasteiger partial charge in [0.1, 0.15) is 0 Å². The summed E-state index contributed by atoms with van der Waals surface area (Å²) in [5.41, 5.74) is 3.38. The maximum atomic E-state index is 12.5. The number of hydrogen-bond acceptors (Lipinski definition) is 3. The minimum absolute atomic E-state index is 0.0248. The Hall–Kier alpha value is -1.35. The van der Waals surface area contributed by atoms with Crippen molar-refractivity contribution in [1.82, 2.24) is 4.90 Å². The van der Waals surface area contributed by atoms with E-state index in [1.807, 2.05) is 6.92 Å². The number of hydrogen-bond donors (Lipinski definition) is 0. The van der Waals surface area contributed by atoms with Crippen LogP contribution < -0.4 is 0 Å². The van der Waals surface area contributed by atoms with Crippen LogP contribution in [-0.2, 0) is 21.4 Å². The van der Waals surface area contributed by atoms with Crippen LogP contribution in [0.2, 0.25) is 0 Å². The Morgan fingerprint density at radius 3 is 2.83 bits per heavy atom. The molecule has 2 aliphatic heterocycles. The van der Waals surface area contributed by atoms with E-state index in [4.69, 9.17) is 4.74 Å². The van der Waals surface area contributed by atoms with Crippen LogP contribution in [0.25, 0.3) is 0 Å². The third-order valence-corrected chi connectivity index (χ3v) is 7.03. The van der Waals surface area contributed by atoms with Crippen molar-refractivity contribution in [3.63, 3.8) is 0 Å². The van der Waals surface area contributed by atoms with Gasteiger partial charge in [-0.05, 0) is 56.7 Å². The van der Waals surface area contributed by atoms with E-state index in [0.717, 1.165) is 19.3 Å². The van der Waals surface area contributed by atoms with Gasteiger partial charge in [-0.1, -0.05) is 37.6 Å². The van der Waals surface area contributed by atoms with Crippen molar-refractivity contribution in [2.45, 2.75) is 63.5 Å². The molecule has 5 atom stereocenters. The number of fused-ring (bicyclic) bond motifs is 2. The Morgan fingerprint density at radius 1 is 1.29 bits per heavy atom. The van der Waals surface area contributed by atoms with Gasteiger partial charge in [0.15, 0.2) is 0 Å². The monoisotopic (exact) mass is 327 g/mol. The van der Waals surface area contributed by atoms with E-state index in [0.29, 0.717) is 24.6 Å². The summed E-state index contributed by atoms with van der Waals surface area (Å²) >= 11 is 0. The number of carbonyl (C=O) groups excluding carboxylic acids is 1. The number of esters is 1. The van der Waals surface area contributed by atoms with E-state index < -0.39 is 0 Å². The predicted molar refractivity (Wildman–Crippen MR) is 94.9 cm³/mol.